The average molecular weight is 382 g/mol. The Morgan fingerprint density at radius 1 is 1.25 bits per heavy atom. The molecule has 0 saturated heterocycles. The number of nitrogens with zero attached hydrogens (tertiary/aromatic N) is 3. The Bertz CT molecular complexity index is 1680. The van der Waals surface area contributed by atoms with E-state index in [1.807, 2.05) is 6.07 Å². The molecule has 0 aliphatic rings. The topological polar surface area (TPSA) is 53.7 Å². The number of fused-ring (bicyclic) bond motifs is 3. The predicted molar refractivity (Wildman–Crippen MR) is 111 cm³/mol. The fourth-order valence-corrected chi connectivity index (χ4v) is 3.37. The van der Waals surface area contributed by atoms with Crippen molar-refractivity contribution in [3.8, 4) is 17.3 Å². The molecule has 0 spiro atoms. The van der Waals surface area contributed by atoms with Crippen molar-refractivity contribution in [1.29, 1.82) is 5.26 Å². The van der Waals surface area contributed by atoms with Crippen molar-refractivity contribution < 1.29 is 24.1 Å². The highest BCUT2D eigenvalue weighted by Crippen LogP contribution is 2.37. The first-order valence-electron chi connectivity index (χ1n) is 14.0. The summed E-state index contributed by atoms with van der Waals surface area (Å²) < 4.78 is 97.9. The Hall–Kier alpha value is -3.19. The van der Waals surface area contributed by atoms with E-state index in [-0.39, 0.29) is 33.9 Å². The van der Waals surface area contributed by atoms with Crippen molar-refractivity contribution in [1.82, 2.24) is 4.98 Å². The van der Waals surface area contributed by atoms with Crippen molar-refractivity contribution in [2.75, 3.05) is 0 Å². The van der Waals surface area contributed by atoms with Crippen molar-refractivity contribution in [3.63, 3.8) is 0 Å². The van der Waals surface area contributed by atoms with Crippen LogP contribution in [-0.4, -0.2) is 4.98 Å². The first-order valence-corrected chi connectivity index (χ1v) is 8.54. The van der Waals surface area contributed by atoms with E-state index in [1.54, 1.807) is 25.1 Å². The van der Waals surface area contributed by atoms with Crippen LogP contribution >= 0.6 is 0 Å². The molecule has 0 atom stereocenters. The van der Waals surface area contributed by atoms with E-state index in [2.05, 4.69) is 4.98 Å². The van der Waals surface area contributed by atoms with Gasteiger partial charge in [0.25, 0.3) is 0 Å². The van der Waals surface area contributed by atoms with Crippen molar-refractivity contribution in [2.24, 2.45) is 7.05 Å². The van der Waals surface area contributed by atoms with Crippen LogP contribution < -0.4 is 4.57 Å². The second kappa shape index (κ2) is 6.45. The molecule has 4 aromatic rings. The lowest BCUT2D eigenvalue weighted by molar-refractivity contribution is -0.667. The highest BCUT2D eigenvalue weighted by molar-refractivity contribution is 6.08. The molecule has 0 bridgehead atoms. The number of aromatic nitrogens is 2. The molecule has 4 heteroatoms. The van der Waals surface area contributed by atoms with Crippen molar-refractivity contribution in [2.45, 2.75) is 40.3 Å². The molecule has 0 unspecified atom stereocenters. The fraction of sp³-hybridized carbons (Fsp3) is 0.292. The van der Waals surface area contributed by atoms with Crippen LogP contribution in [0.5, 0.6) is 0 Å². The number of aryl methyl sites for hydroxylation is 1. The van der Waals surface area contributed by atoms with Gasteiger partial charge in [-0.05, 0) is 42.9 Å². The summed E-state index contributed by atoms with van der Waals surface area (Å²) in [7, 11) is 1.48. The van der Waals surface area contributed by atoms with E-state index >= 15 is 0 Å². The van der Waals surface area contributed by atoms with Gasteiger partial charge < -0.3 is 4.42 Å². The third kappa shape index (κ3) is 2.58. The molecule has 3 heterocycles. The van der Waals surface area contributed by atoms with E-state index in [0.29, 0.717) is 16.3 Å². The molecule has 0 amide bonds. The van der Waals surface area contributed by atoms with Gasteiger partial charge in [-0.25, -0.2) is 4.98 Å². The number of pyridine rings is 2. The number of hydrogen-bond acceptors (Lipinski definition) is 3. The summed E-state index contributed by atoms with van der Waals surface area (Å²) in [6.45, 7) is -7.00. The number of rotatable bonds is 2. The molecular weight excluding hydrogens is 346 g/mol. The first-order chi connectivity index (χ1) is 17.8. The Balaban J connectivity index is 2.28. The molecule has 4 nitrogen and oxygen atoms in total. The number of benzene rings is 1. The van der Waals surface area contributed by atoms with Crippen LogP contribution in [0.3, 0.4) is 0 Å². The van der Waals surface area contributed by atoms with E-state index < -0.39 is 43.6 Å². The second-order valence-electron chi connectivity index (χ2n) is 6.64. The van der Waals surface area contributed by atoms with Gasteiger partial charge in [-0.2, -0.15) is 9.83 Å². The lowest BCUT2D eigenvalue weighted by Gasteiger charge is -2.14. The molecule has 0 fully saturated rings. The summed E-state index contributed by atoms with van der Waals surface area (Å²) in [6.07, 6.45) is 0. The quantitative estimate of drug-likeness (QED) is 0.437. The summed E-state index contributed by atoms with van der Waals surface area (Å²) in [5.41, 5.74) is -0.333. The Morgan fingerprint density at radius 3 is 2.75 bits per heavy atom. The molecule has 4 rings (SSSR count). The van der Waals surface area contributed by atoms with Gasteiger partial charge in [0.2, 0.25) is 11.4 Å². The SMILES string of the molecule is [2H]c1c(C([2H])(C([2H])([2H])[2H])C([2H])([2H])[2H])c(C([2H])([2H])[2H])c(C)[n+](C)c1-c1c(C)ccc2c1oc1nc(C#N)ccc12. The molecule has 0 N–H and O–H groups in total. The van der Waals surface area contributed by atoms with Crippen LogP contribution in [0, 0.1) is 32.0 Å². The zero-order valence-corrected chi connectivity index (χ0v) is 15.6. The van der Waals surface area contributed by atoms with Crippen LogP contribution in [0.1, 0.15) is 62.8 Å². The largest absolute Gasteiger partial charge is 0.437 e. The first kappa shape index (κ1) is 9.34. The van der Waals surface area contributed by atoms with Gasteiger partial charge in [0.15, 0.2) is 11.3 Å². The van der Waals surface area contributed by atoms with Crippen LogP contribution in [0.4, 0.5) is 0 Å². The Labute approximate surface area is 180 Å². The van der Waals surface area contributed by atoms with E-state index in [1.165, 1.54) is 24.6 Å². The smallest absolute Gasteiger partial charge is 0.228 e. The normalized spacial score (nSPS) is 19.0. The maximum absolute atomic E-state index is 9.24. The Morgan fingerprint density at radius 2 is 2.04 bits per heavy atom. The minimum absolute atomic E-state index is 0.0247. The summed E-state index contributed by atoms with van der Waals surface area (Å²) in [5.74, 6) is -3.44. The Kier molecular flexibility index (Phi) is 2.15. The second-order valence-corrected chi connectivity index (χ2v) is 6.64. The minimum Gasteiger partial charge on any atom is -0.437 e. The standard InChI is InChI=1S/C24H24N3O/c1-13(2)20-11-21(27(6)16(5)15(20)4)22-14(3)7-9-18-19-10-8-17(12-25)26-24(19)28-23(18)22/h7-11,13H,1-6H3/q+1/i1D3,2D3,4D3,11D,13D. The summed E-state index contributed by atoms with van der Waals surface area (Å²) in [5, 5.41) is 10.4. The minimum atomic E-state index is -3.52. The third-order valence-corrected chi connectivity index (χ3v) is 5.01. The maximum atomic E-state index is 9.24. The molecule has 0 aliphatic heterocycles. The third-order valence-electron chi connectivity index (χ3n) is 5.01. The van der Waals surface area contributed by atoms with Crippen LogP contribution in [-0.2, 0) is 7.05 Å². The molecule has 0 radical (unpaired) electrons. The summed E-state index contributed by atoms with van der Waals surface area (Å²) in [4.78, 5) is 4.19. The lowest BCUT2D eigenvalue weighted by atomic mass is 9.93. The molecule has 28 heavy (non-hydrogen) atoms. The van der Waals surface area contributed by atoms with Crippen LogP contribution in [0.15, 0.2) is 34.7 Å². The van der Waals surface area contributed by atoms with Gasteiger partial charge in [-0.1, -0.05) is 25.8 Å². The maximum Gasteiger partial charge on any atom is 0.228 e. The zero-order valence-electron chi connectivity index (χ0n) is 26.6. The van der Waals surface area contributed by atoms with Crippen molar-refractivity contribution >= 4 is 22.1 Å². The molecule has 140 valence electrons. The van der Waals surface area contributed by atoms with Gasteiger partial charge in [-0.3, -0.25) is 0 Å². The van der Waals surface area contributed by atoms with Gasteiger partial charge in [-0.15, -0.1) is 0 Å². The monoisotopic (exact) mass is 381 g/mol. The molecule has 3 aromatic heterocycles. The fourth-order valence-electron chi connectivity index (χ4n) is 3.37. The summed E-state index contributed by atoms with van der Waals surface area (Å²) >= 11 is 0. The molecule has 0 aliphatic carbocycles. The molecular formula is C24H24N3O+. The van der Waals surface area contributed by atoms with E-state index in [9.17, 15) is 5.26 Å². The molecule has 0 saturated carbocycles. The number of hydrogen-bond donors (Lipinski definition) is 0. The van der Waals surface area contributed by atoms with Crippen LogP contribution in [0.25, 0.3) is 33.3 Å². The lowest BCUT2D eigenvalue weighted by Crippen LogP contribution is -2.36. The van der Waals surface area contributed by atoms with Gasteiger partial charge in [0.1, 0.15) is 18.8 Å². The predicted octanol–water partition coefficient (Wildman–Crippen LogP) is 5.39. The van der Waals surface area contributed by atoms with Gasteiger partial charge in [0, 0.05) is 43.0 Å². The van der Waals surface area contributed by atoms with Gasteiger partial charge in [0.05, 0.1) is 6.93 Å². The highest BCUT2D eigenvalue weighted by Gasteiger charge is 2.25. The number of nitriles is 1. The number of furan rings is 1. The highest BCUT2D eigenvalue weighted by atomic mass is 16.3. The average Bonchev–Trinajstić information content (AvgIpc) is 3.17. The van der Waals surface area contributed by atoms with Gasteiger partial charge >= 0.3 is 0 Å². The van der Waals surface area contributed by atoms with Crippen molar-refractivity contribution in [3.05, 3.63) is 58.4 Å². The molecule has 1 aromatic carbocycles. The zero-order chi connectivity index (χ0) is 29.5. The van der Waals surface area contributed by atoms with Crippen LogP contribution in [0.2, 0.25) is 0 Å². The summed E-state index contributed by atoms with van der Waals surface area (Å²) in [6, 6.07) is 7.85. The van der Waals surface area contributed by atoms with E-state index in [0.717, 1.165) is 0 Å². The van der Waals surface area contributed by atoms with E-state index in [4.69, 9.17) is 19.5 Å².